The molecule has 2 saturated heterocycles. The molecule has 3 aromatic heterocycles. The van der Waals surface area contributed by atoms with Gasteiger partial charge in [0.05, 0.1) is 20.1 Å². The molecule has 11 nitrogen and oxygen atoms in total. The molecule has 0 bridgehead atoms. The van der Waals surface area contributed by atoms with E-state index in [9.17, 15) is 4.79 Å². The average molecular weight is 619 g/mol. The highest BCUT2D eigenvalue weighted by atomic mass is 19.1. The maximum absolute atomic E-state index is 15.5. The minimum Gasteiger partial charge on any atom is -0.490 e. The summed E-state index contributed by atoms with van der Waals surface area (Å²) >= 11 is 0. The number of ether oxygens (including phenoxy) is 3. The van der Waals surface area contributed by atoms with Gasteiger partial charge in [-0.1, -0.05) is 0 Å². The van der Waals surface area contributed by atoms with E-state index in [0.29, 0.717) is 58.4 Å². The van der Waals surface area contributed by atoms with Gasteiger partial charge < -0.3 is 28.2 Å². The Balaban J connectivity index is 1.27. The normalized spacial score (nSPS) is 17.8. The van der Waals surface area contributed by atoms with Gasteiger partial charge in [0.15, 0.2) is 11.6 Å². The van der Waals surface area contributed by atoms with Gasteiger partial charge in [-0.15, -0.1) is 0 Å². The predicted octanol–water partition coefficient (Wildman–Crippen LogP) is 4.39. The highest BCUT2D eigenvalue weighted by Gasteiger charge is 2.30. The van der Waals surface area contributed by atoms with Crippen LogP contribution < -0.4 is 9.64 Å². The molecule has 7 rings (SSSR count). The van der Waals surface area contributed by atoms with Crippen molar-refractivity contribution in [2.45, 2.75) is 52.0 Å². The summed E-state index contributed by atoms with van der Waals surface area (Å²) in [5, 5.41) is 5.11. The number of nitrogens with zero attached hydrogens (tertiary/aromatic N) is 6. The summed E-state index contributed by atoms with van der Waals surface area (Å²) in [6.45, 7) is 9.54. The molecule has 0 spiro atoms. The number of aryl methyl sites for hydroxylation is 2. The molecule has 1 aromatic carbocycles. The lowest BCUT2D eigenvalue weighted by molar-refractivity contribution is -0.139. The molecule has 6 heterocycles. The van der Waals surface area contributed by atoms with Crippen molar-refractivity contribution < 1.29 is 27.9 Å². The monoisotopic (exact) mass is 618 g/mol. The van der Waals surface area contributed by atoms with Crippen LogP contribution in [0, 0.1) is 19.7 Å². The smallest absolute Gasteiger partial charge is 0.310 e. The minimum absolute atomic E-state index is 0.00401. The van der Waals surface area contributed by atoms with Crippen LogP contribution in [0.1, 0.15) is 41.6 Å². The van der Waals surface area contributed by atoms with Gasteiger partial charge in [0.1, 0.15) is 11.3 Å². The molecule has 238 valence electrons. The summed E-state index contributed by atoms with van der Waals surface area (Å²) in [5.41, 5.74) is 5.96. The van der Waals surface area contributed by atoms with Crippen molar-refractivity contribution in [1.82, 2.24) is 24.6 Å². The van der Waals surface area contributed by atoms with Gasteiger partial charge in [0.2, 0.25) is 0 Å². The lowest BCUT2D eigenvalue weighted by Crippen LogP contribution is -2.51. The topological polar surface area (TPSA) is 108 Å². The number of pyridine rings is 1. The first-order valence-electron chi connectivity index (χ1n) is 15.8. The van der Waals surface area contributed by atoms with Crippen molar-refractivity contribution in [1.29, 1.82) is 0 Å². The van der Waals surface area contributed by atoms with Crippen LogP contribution in [0.25, 0.3) is 33.7 Å². The lowest BCUT2D eigenvalue weighted by Gasteiger charge is -2.40. The van der Waals surface area contributed by atoms with E-state index in [2.05, 4.69) is 15.0 Å². The molecule has 12 heteroatoms. The van der Waals surface area contributed by atoms with Crippen molar-refractivity contribution in [3.8, 4) is 28.5 Å². The second-order valence-electron chi connectivity index (χ2n) is 12.2. The number of aromatic nitrogens is 4. The van der Waals surface area contributed by atoms with E-state index in [-0.39, 0.29) is 6.42 Å². The van der Waals surface area contributed by atoms with Gasteiger partial charge in [-0.3, -0.25) is 9.69 Å². The highest BCUT2D eigenvalue weighted by Crippen LogP contribution is 2.43. The SMILES string of the molecule is COC(=O)Cc1c(C)nc2c(cc(-c3nc(N4CCN(C5CCOCC5)CC4)no3)n2C)c1-c1cc(F)c2c(c1C)CCCO2. The second kappa shape index (κ2) is 12.1. The van der Waals surface area contributed by atoms with Crippen LogP contribution in [0.2, 0.25) is 0 Å². The maximum Gasteiger partial charge on any atom is 0.310 e. The van der Waals surface area contributed by atoms with E-state index in [1.165, 1.54) is 13.2 Å². The molecule has 45 heavy (non-hydrogen) atoms. The fourth-order valence-electron chi connectivity index (χ4n) is 7.13. The number of hydrogen-bond donors (Lipinski definition) is 0. The van der Waals surface area contributed by atoms with E-state index < -0.39 is 11.8 Å². The zero-order chi connectivity index (χ0) is 31.2. The maximum atomic E-state index is 15.5. The van der Waals surface area contributed by atoms with Gasteiger partial charge in [0.25, 0.3) is 11.8 Å². The average Bonchev–Trinajstić information content (AvgIpc) is 3.68. The van der Waals surface area contributed by atoms with Crippen molar-refractivity contribution in [3.05, 3.63) is 40.3 Å². The molecule has 0 radical (unpaired) electrons. The Labute approximate surface area is 261 Å². The van der Waals surface area contributed by atoms with Crippen LogP contribution in [0.3, 0.4) is 0 Å². The number of hydrogen-bond acceptors (Lipinski definition) is 10. The summed E-state index contributed by atoms with van der Waals surface area (Å²) in [4.78, 5) is 27.0. The highest BCUT2D eigenvalue weighted by molar-refractivity contribution is 6.00. The number of carbonyl (C=O) groups excluding carboxylic acids is 1. The molecule has 4 aromatic rings. The zero-order valence-electron chi connectivity index (χ0n) is 26.3. The van der Waals surface area contributed by atoms with Gasteiger partial charge in [0, 0.05) is 69.1 Å². The van der Waals surface area contributed by atoms with Crippen LogP contribution in [0.5, 0.6) is 5.75 Å². The molecule has 0 N–H and O–H groups in total. The Bertz CT molecular complexity index is 1750. The Morgan fingerprint density at radius 3 is 2.62 bits per heavy atom. The summed E-state index contributed by atoms with van der Waals surface area (Å²) < 4.78 is 39.6. The van der Waals surface area contributed by atoms with Crippen molar-refractivity contribution in [2.75, 3.05) is 58.0 Å². The Hall–Kier alpha value is -4.03. The van der Waals surface area contributed by atoms with Gasteiger partial charge in [-0.05, 0) is 79.1 Å². The van der Waals surface area contributed by atoms with Crippen LogP contribution in [-0.4, -0.2) is 89.7 Å². The third-order valence-corrected chi connectivity index (χ3v) is 9.68. The van der Waals surface area contributed by atoms with Gasteiger partial charge in [-0.25, -0.2) is 9.37 Å². The Morgan fingerprint density at radius 1 is 1.09 bits per heavy atom. The third kappa shape index (κ3) is 5.33. The van der Waals surface area contributed by atoms with Crippen LogP contribution in [-0.2, 0) is 34.2 Å². The molecule has 0 atom stereocenters. The van der Waals surface area contributed by atoms with E-state index in [0.717, 1.165) is 87.2 Å². The quantitative estimate of drug-likeness (QED) is 0.289. The predicted molar refractivity (Wildman–Crippen MR) is 166 cm³/mol. The minimum atomic E-state index is -0.411. The molecule has 0 amide bonds. The van der Waals surface area contributed by atoms with Crippen LogP contribution in [0.4, 0.5) is 10.3 Å². The molecule has 0 saturated carbocycles. The fraction of sp³-hybridized carbons (Fsp3) is 0.515. The summed E-state index contributed by atoms with van der Waals surface area (Å²) in [6, 6.07) is 4.05. The van der Waals surface area contributed by atoms with Gasteiger partial charge >= 0.3 is 5.97 Å². The first kappa shape index (κ1) is 29.7. The summed E-state index contributed by atoms with van der Waals surface area (Å²) in [6.07, 6.45) is 3.70. The molecule has 0 aliphatic carbocycles. The van der Waals surface area contributed by atoms with Crippen molar-refractivity contribution >= 4 is 23.0 Å². The first-order valence-corrected chi connectivity index (χ1v) is 15.8. The Morgan fingerprint density at radius 2 is 1.87 bits per heavy atom. The standard InChI is InChI=1S/C33H39FN6O5/c1-19-22-6-5-13-44-30(22)26(34)16-23(19)29-24(18-28(41)42-4)20(2)35-31-25(29)17-27(38(31)3)32-36-33(37-45-32)40-11-9-39(10-12-40)21-7-14-43-15-8-21/h16-17,21H,5-15,18H2,1-4H3. The van der Waals surface area contributed by atoms with E-state index >= 15 is 4.39 Å². The third-order valence-electron chi connectivity index (χ3n) is 9.68. The molecule has 3 aliphatic rings. The number of carbonyl (C=O) groups is 1. The number of rotatable bonds is 6. The molecule has 2 fully saturated rings. The van der Waals surface area contributed by atoms with E-state index in [1.807, 2.05) is 31.5 Å². The Kier molecular flexibility index (Phi) is 7.95. The number of methoxy groups -OCH3 is 1. The molecular formula is C33H39FN6O5. The molecule has 0 unspecified atom stereocenters. The number of piperazine rings is 1. The summed E-state index contributed by atoms with van der Waals surface area (Å²) in [7, 11) is 3.27. The number of esters is 1. The first-order chi connectivity index (χ1) is 21.8. The van der Waals surface area contributed by atoms with Crippen LogP contribution >= 0.6 is 0 Å². The van der Waals surface area contributed by atoms with Crippen LogP contribution in [0.15, 0.2) is 16.7 Å². The number of anilines is 1. The molecular weight excluding hydrogens is 579 g/mol. The molecule has 3 aliphatic heterocycles. The summed E-state index contributed by atoms with van der Waals surface area (Å²) in [5.74, 6) is 0.448. The fourth-order valence-corrected chi connectivity index (χ4v) is 7.13. The number of fused-ring (bicyclic) bond motifs is 2. The lowest BCUT2D eigenvalue weighted by atomic mass is 9.87. The van der Waals surface area contributed by atoms with Crippen molar-refractivity contribution in [3.63, 3.8) is 0 Å². The van der Waals surface area contributed by atoms with E-state index in [1.54, 1.807) is 0 Å². The largest absolute Gasteiger partial charge is 0.490 e. The zero-order valence-corrected chi connectivity index (χ0v) is 26.3. The van der Waals surface area contributed by atoms with Gasteiger partial charge in [-0.2, -0.15) is 4.98 Å². The van der Waals surface area contributed by atoms with Crippen molar-refractivity contribution in [2.24, 2.45) is 7.05 Å². The number of benzene rings is 1. The number of halogens is 1. The van der Waals surface area contributed by atoms with E-state index in [4.69, 9.17) is 28.7 Å². The second-order valence-corrected chi connectivity index (χ2v) is 12.2.